The van der Waals surface area contributed by atoms with Crippen LogP contribution in [-0.4, -0.2) is 41.0 Å². The van der Waals surface area contributed by atoms with E-state index in [4.69, 9.17) is 9.15 Å². The summed E-state index contributed by atoms with van der Waals surface area (Å²) in [5, 5.41) is 15.8. The number of nitrogens with zero attached hydrogens (tertiary/aromatic N) is 1. The lowest BCUT2D eigenvalue weighted by Gasteiger charge is -2.22. The molecule has 0 radical (unpaired) electrons. The van der Waals surface area contributed by atoms with E-state index in [-0.39, 0.29) is 24.7 Å². The highest BCUT2D eigenvalue weighted by Gasteiger charge is 2.37. The van der Waals surface area contributed by atoms with Crippen molar-refractivity contribution in [3.05, 3.63) is 77.8 Å². The van der Waals surface area contributed by atoms with Gasteiger partial charge in [-0.25, -0.2) is 18.6 Å². The smallest absolute Gasteiger partial charge is 0.407 e. The first-order valence-electron chi connectivity index (χ1n) is 9.76. The molecule has 1 aliphatic rings. The number of carbonyl (C=O) groups is 1. The van der Waals surface area contributed by atoms with E-state index in [0.29, 0.717) is 12.2 Å². The third-order valence-electron chi connectivity index (χ3n) is 5.09. The summed E-state index contributed by atoms with van der Waals surface area (Å²) >= 11 is 0. The third-order valence-corrected chi connectivity index (χ3v) is 5.09. The Hall–Kier alpha value is -3.30. The molecule has 31 heavy (non-hydrogen) atoms. The predicted molar refractivity (Wildman–Crippen MR) is 107 cm³/mol. The van der Waals surface area contributed by atoms with Crippen LogP contribution < -0.4 is 10.6 Å². The van der Waals surface area contributed by atoms with Gasteiger partial charge in [-0.2, -0.15) is 0 Å². The average Bonchev–Trinajstić information content (AvgIpc) is 3.38. The fourth-order valence-corrected chi connectivity index (χ4v) is 3.59. The van der Waals surface area contributed by atoms with Crippen LogP contribution in [0.4, 0.5) is 13.6 Å². The van der Waals surface area contributed by atoms with Crippen LogP contribution in [0.1, 0.15) is 11.1 Å². The molecule has 9 heteroatoms. The highest BCUT2D eigenvalue weighted by atomic mass is 19.1. The van der Waals surface area contributed by atoms with Crippen LogP contribution in [0.5, 0.6) is 0 Å². The van der Waals surface area contributed by atoms with Gasteiger partial charge in [-0.05, 0) is 29.7 Å². The van der Waals surface area contributed by atoms with E-state index in [9.17, 15) is 18.7 Å². The number of aliphatic hydroxyl groups is 1. The summed E-state index contributed by atoms with van der Waals surface area (Å²) in [7, 11) is 0. The van der Waals surface area contributed by atoms with Gasteiger partial charge in [-0.3, -0.25) is 0 Å². The second kappa shape index (κ2) is 9.23. The molecule has 3 aromatic rings. The lowest BCUT2D eigenvalue weighted by Crippen LogP contribution is -2.41. The highest BCUT2D eigenvalue weighted by molar-refractivity contribution is 5.67. The summed E-state index contributed by atoms with van der Waals surface area (Å²) in [5.74, 6) is -0.790. The molecule has 162 valence electrons. The lowest BCUT2D eigenvalue weighted by atomic mass is 10.00. The molecule has 1 aliphatic heterocycles. The minimum Gasteiger partial charge on any atom is -0.444 e. The van der Waals surface area contributed by atoms with Crippen LogP contribution in [0.2, 0.25) is 0 Å². The molecule has 3 N–H and O–H groups in total. The van der Waals surface area contributed by atoms with Crippen LogP contribution in [0.25, 0.3) is 11.3 Å². The first-order chi connectivity index (χ1) is 15.0. The number of rotatable bonds is 6. The first-order valence-corrected chi connectivity index (χ1v) is 9.76. The summed E-state index contributed by atoms with van der Waals surface area (Å²) in [4.78, 5) is 16.1. The number of hydrogen-bond acceptors (Lipinski definition) is 6. The maximum atomic E-state index is 13.3. The maximum absolute atomic E-state index is 13.3. The summed E-state index contributed by atoms with van der Waals surface area (Å²) in [6.45, 7) is 0.186. The summed E-state index contributed by atoms with van der Waals surface area (Å²) in [5.41, 5.74) is 2.14. The number of aliphatic hydroxyl groups excluding tert-OH is 1. The van der Waals surface area contributed by atoms with Gasteiger partial charge in [-0.15, -0.1) is 0 Å². The number of alkyl carbamates (subject to hydrolysis) is 1. The van der Waals surface area contributed by atoms with Gasteiger partial charge in [-0.1, -0.05) is 24.3 Å². The van der Waals surface area contributed by atoms with E-state index in [1.165, 1.54) is 6.39 Å². The third kappa shape index (κ3) is 5.25. The number of carbonyl (C=O) groups excluding carboxylic acids is 1. The van der Waals surface area contributed by atoms with Crippen LogP contribution in [-0.2, 0) is 17.7 Å². The molecule has 0 aliphatic carbocycles. The van der Waals surface area contributed by atoms with Gasteiger partial charge in [0.25, 0.3) is 0 Å². The van der Waals surface area contributed by atoms with E-state index in [1.54, 1.807) is 6.20 Å². The zero-order chi connectivity index (χ0) is 21.8. The Bertz CT molecular complexity index is 1010. The molecule has 1 fully saturated rings. The van der Waals surface area contributed by atoms with Gasteiger partial charge >= 0.3 is 6.09 Å². The van der Waals surface area contributed by atoms with Crippen molar-refractivity contribution in [2.24, 2.45) is 0 Å². The molecular weight excluding hydrogens is 408 g/mol. The molecule has 7 nitrogen and oxygen atoms in total. The molecule has 3 atom stereocenters. The predicted octanol–water partition coefficient (Wildman–Crippen LogP) is 2.79. The Balaban J connectivity index is 1.34. The Kier molecular flexibility index (Phi) is 6.24. The van der Waals surface area contributed by atoms with Crippen molar-refractivity contribution in [2.75, 3.05) is 6.54 Å². The van der Waals surface area contributed by atoms with Crippen molar-refractivity contribution < 1.29 is 27.8 Å². The fourth-order valence-electron chi connectivity index (χ4n) is 3.59. The Labute approximate surface area is 177 Å². The molecule has 1 amide bonds. The number of β-amino-alcohol motifs (C(OH)–C–C–N with tert-alkyl or cyclic N) is 1. The molecule has 1 aromatic heterocycles. The van der Waals surface area contributed by atoms with Crippen LogP contribution in [0, 0.1) is 11.6 Å². The summed E-state index contributed by atoms with van der Waals surface area (Å²) in [6, 6.07) is 10.4. The topological polar surface area (TPSA) is 96.6 Å². The Morgan fingerprint density at radius 2 is 1.94 bits per heavy atom. The molecule has 0 spiro atoms. The molecule has 1 saturated heterocycles. The minimum atomic E-state index is -0.865. The summed E-state index contributed by atoms with van der Waals surface area (Å²) in [6.07, 6.45) is 1.12. The fraction of sp³-hybridized carbons (Fsp3) is 0.273. The van der Waals surface area contributed by atoms with Gasteiger partial charge in [0.2, 0.25) is 0 Å². The number of hydrogen-bond donors (Lipinski definition) is 3. The number of amides is 1. The number of nitrogens with one attached hydrogen (secondary N) is 2. The van der Waals surface area contributed by atoms with Crippen molar-refractivity contribution in [1.82, 2.24) is 15.6 Å². The average molecular weight is 429 g/mol. The quantitative estimate of drug-likeness (QED) is 0.558. The zero-order valence-corrected chi connectivity index (χ0v) is 16.4. The molecule has 2 heterocycles. The van der Waals surface area contributed by atoms with E-state index in [2.05, 4.69) is 15.6 Å². The van der Waals surface area contributed by atoms with Gasteiger partial charge in [0, 0.05) is 24.7 Å². The van der Waals surface area contributed by atoms with E-state index >= 15 is 0 Å². The van der Waals surface area contributed by atoms with E-state index < -0.39 is 29.9 Å². The van der Waals surface area contributed by atoms with E-state index in [0.717, 1.165) is 29.3 Å². The largest absolute Gasteiger partial charge is 0.444 e. The van der Waals surface area contributed by atoms with E-state index in [1.807, 2.05) is 24.3 Å². The minimum absolute atomic E-state index is 0.0997. The molecule has 4 rings (SSSR count). The Morgan fingerprint density at radius 1 is 1.19 bits per heavy atom. The molecule has 0 unspecified atom stereocenters. The number of aromatic nitrogens is 1. The molecule has 2 aromatic carbocycles. The Morgan fingerprint density at radius 3 is 2.61 bits per heavy atom. The standard InChI is InChI=1S/C22H21F2N3O4/c23-16-5-14(6-17(24)8-16)9-27-22(29)31-21-18(26-10-19(21)28)7-13-1-3-15(4-2-13)20-11-25-12-30-20/h1-6,8,11-12,18-19,21,26,28H,7,9-10H2,(H,27,29)/t18-,19+,21+/m1/s1. The number of ether oxygens (including phenoxy) is 1. The van der Waals surface area contributed by atoms with Crippen molar-refractivity contribution in [3.63, 3.8) is 0 Å². The molecule has 0 saturated carbocycles. The van der Waals surface area contributed by atoms with Gasteiger partial charge in [0.15, 0.2) is 12.2 Å². The van der Waals surface area contributed by atoms with Crippen molar-refractivity contribution in [1.29, 1.82) is 0 Å². The van der Waals surface area contributed by atoms with Crippen LogP contribution in [0.15, 0.2) is 59.5 Å². The monoisotopic (exact) mass is 429 g/mol. The van der Waals surface area contributed by atoms with Crippen molar-refractivity contribution in [2.45, 2.75) is 31.2 Å². The normalized spacial score (nSPS) is 20.5. The van der Waals surface area contributed by atoms with Crippen molar-refractivity contribution in [3.8, 4) is 11.3 Å². The second-order valence-corrected chi connectivity index (χ2v) is 7.35. The van der Waals surface area contributed by atoms with Crippen LogP contribution in [0.3, 0.4) is 0 Å². The highest BCUT2D eigenvalue weighted by Crippen LogP contribution is 2.22. The maximum Gasteiger partial charge on any atom is 0.407 e. The molecular formula is C22H21F2N3O4. The van der Waals surface area contributed by atoms with Crippen molar-refractivity contribution >= 4 is 6.09 Å². The number of halogens is 2. The first kappa shape index (κ1) is 21.0. The summed E-state index contributed by atoms with van der Waals surface area (Å²) < 4.78 is 37.2. The lowest BCUT2D eigenvalue weighted by molar-refractivity contribution is 0.0188. The van der Waals surface area contributed by atoms with Gasteiger partial charge < -0.3 is 24.9 Å². The second-order valence-electron chi connectivity index (χ2n) is 7.35. The van der Waals surface area contributed by atoms with Gasteiger partial charge in [0.1, 0.15) is 23.8 Å². The number of oxazole rings is 1. The molecule has 0 bridgehead atoms. The number of benzene rings is 2. The SMILES string of the molecule is O=C(NCc1cc(F)cc(F)c1)O[C@@H]1[C@@H](O)CN[C@@H]1Cc1ccc(-c2cnco2)cc1. The van der Waals surface area contributed by atoms with Gasteiger partial charge in [0.05, 0.1) is 12.2 Å². The van der Waals surface area contributed by atoms with Crippen LogP contribution >= 0.6 is 0 Å². The zero-order valence-electron chi connectivity index (χ0n) is 16.4.